The quantitative estimate of drug-likeness (QED) is 0.731. The number of anilines is 1. The molecule has 5 heteroatoms. The van der Waals surface area contributed by atoms with Crippen molar-refractivity contribution < 1.29 is 14.3 Å². The van der Waals surface area contributed by atoms with E-state index < -0.39 is 0 Å². The monoisotopic (exact) mass is 346 g/mol. The number of hydrogen-bond donors (Lipinski definition) is 1. The highest BCUT2D eigenvalue weighted by Crippen LogP contribution is 2.34. The van der Waals surface area contributed by atoms with Crippen molar-refractivity contribution in [3.05, 3.63) is 23.4 Å². The third kappa shape index (κ3) is 4.94. The van der Waals surface area contributed by atoms with Crippen LogP contribution in [0.5, 0.6) is 0 Å². The van der Waals surface area contributed by atoms with Crippen LogP contribution in [0.15, 0.2) is 12.1 Å². The lowest BCUT2D eigenvalue weighted by atomic mass is 9.79. The third-order valence-corrected chi connectivity index (χ3v) is 5.46. The molecule has 3 rings (SSSR count). The van der Waals surface area contributed by atoms with E-state index in [-0.39, 0.29) is 11.9 Å². The number of rotatable bonds is 8. The van der Waals surface area contributed by atoms with Crippen molar-refractivity contribution >= 4 is 11.8 Å². The highest BCUT2D eigenvalue weighted by Gasteiger charge is 2.29. The molecule has 1 unspecified atom stereocenters. The van der Waals surface area contributed by atoms with Crippen LogP contribution in [0, 0.1) is 11.8 Å². The Morgan fingerprint density at radius 1 is 1.40 bits per heavy atom. The van der Waals surface area contributed by atoms with Gasteiger partial charge in [-0.2, -0.15) is 0 Å². The predicted octanol–water partition coefficient (Wildman–Crippen LogP) is 3.37. The van der Waals surface area contributed by atoms with Crippen molar-refractivity contribution in [2.24, 2.45) is 11.8 Å². The zero-order valence-corrected chi connectivity index (χ0v) is 15.4. The molecule has 0 amide bonds. The fourth-order valence-electron chi connectivity index (χ4n) is 3.64. The second kappa shape index (κ2) is 8.65. The lowest BCUT2D eigenvalue weighted by Crippen LogP contribution is -2.32. The molecule has 1 atom stereocenters. The Morgan fingerprint density at radius 2 is 2.24 bits per heavy atom. The Bertz CT molecular complexity index is 584. The van der Waals surface area contributed by atoms with Crippen molar-refractivity contribution in [1.82, 2.24) is 4.98 Å². The summed E-state index contributed by atoms with van der Waals surface area (Å²) in [6, 6.07) is 4.42. The van der Waals surface area contributed by atoms with Gasteiger partial charge in [-0.1, -0.05) is 13.0 Å². The highest BCUT2D eigenvalue weighted by atomic mass is 16.5. The molecule has 1 aromatic rings. The SMILES string of the molecule is COC(=O)C(C)CCOC1CC(CCc2ccc3c(n2)NCCC3)C1. The molecule has 0 saturated heterocycles. The van der Waals surface area contributed by atoms with Crippen LogP contribution in [-0.2, 0) is 27.1 Å². The highest BCUT2D eigenvalue weighted by molar-refractivity contribution is 5.71. The number of methoxy groups -OCH3 is 1. The first-order valence-electron chi connectivity index (χ1n) is 9.57. The van der Waals surface area contributed by atoms with Gasteiger partial charge in [0.25, 0.3) is 0 Å². The largest absolute Gasteiger partial charge is 0.469 e. The van der Waals surface area contributed by atoms with Gasteiger partial charge in [0.15, 0.2) is 0 Å². The zero-order valence-electron chi connectivity index (χ0n) is 15.4. The van der Waals surface area contributed by atoms with Gasteiger partial charge < -0.3 is 14.8 Å². The van der Waals surface area contributed by atoms with Gasteiger partial charge in [0.05, 0.1) is 19.1 Å². The summed E-state index contributed by atoms with van der Waals surface area (Å²) in [6.07, 6.45) is 7.95. The molecular formula is C20H30N2O3. The lowest BCUT2D eigenvalue weighted by molar-refractivity contribution is -0.146. The van der Waals surface area contributed by atoms with Crippen LogP contribution < -0.4 is 5.32 Å². The summed E-state index contributed by atoms with van der Waals surface area (Å²) in [4.78, 5) is 16.1. The fraction of sp³-hybridized carbons (Fsp3) is 0.700. The molecule has 25 heavy (non-hydrogen) atoms. The van der Waals surface area contributed by atoms with Gasteiger partial charge in [-0.05, 0) is 62.5 Å². The van der Waals surface area contributed by atoms with Gasteiger partial charge in [-0.25, -0.2) is 4.98 Å². The fourth-order valence-corrected chi connectivity index (χ4v) is 3.64. The van der Waals surface area contributed by atoms with Crippen LogP contribution >= 0.6 is 0 Å². The second-order valence-electron chi connectivity index (χ2n) is 7.42. The minimum Gasteiger partial charge on any atom is -0.469 e. The Kier molecular flexibility index (Phi) is 6.29. The van der Waals surface area contributed by atoms with Crippen LogP contribution in [0.4, 0.5) is 5.82 Å². The molecule has 1 aromatic heterocycles. The minimum absolute atomic E-state index is 0.0791. The minimum atomic E-state index is -0.151. The molecule has 138 valence electrons. The van der Waals surface area contributed by atoms with Crippen molar-refractivity contribution in [3.8, 4) is 0 Å². The first kappa shape index (κ1) is 18.2. The first-order valence-corrected chi connectivity index (χ1v) is 9.57. The summed E-state index contributed by atoms with van der Waals surface area (Å²) in [5.41, 5.74) is 2.55. The van der Waals surface area contributed by atoms with Crippen LogP contribution in [-0.4, -0.2) is 37.3 Å². The number of ether oxygens (including phenoxy) is 2. The predicted molar refractivity (Wildman–Crippen MR) is 97.6 cm³/mol. The average molecular weight is 346 g/mol. The van der Waals surface area contributed by atoms with Gasteiger partial charge in [0, 0.05) is 18.8 Å². The number of hydrogen-bond acceptors (Lipinski definition) is 5. The summed E-state index contributed by atoms with van der Waals surface area (Å²) in [5, 5.41) is 3.41. The standard InChI is InChI=1S/C20H30N2O3/c1-14(20(23)24-2)9-11-25-18-12-15(13-18)5-7-17-8-6-16-4-3-10-21-19(16)22-17/h6,8,14-15,18H,3-5,7,9-13H2,1-2H3,(H,21,22). The van der Waals surface area contributed by atoms with E-state index in [2.05, 4.69) is 17.4 Å². The Balaban J connectivity index is 1.31. The molecule has 1 aliphatic carbocycles. The van der Waals surface area contributed by atoms with Crippen LogP contribution in [0.1, 0.15) is 50.3 Å². The lowest BCUT2D eigenvalue weighted by Gasteiger charge is -2.35. The van der Waals surface area contributed by atoms with Crippen LogP contribution in [0.3, 0.4) is 0 Å². The summed E-state index contributed by atoms with van der Waals surface area (Å²) >= 11 is 0. The van der Waals surface area contributed by atoms with Crippen molar-refractivity contribution in [2.75, 3.05) is 25.6 Å². The Hall–Kier alpha value is -1.62. The maximum atomic E-state index is 11.3. The topological polar surface area (TPSA) is 60.5 Å². The van der Waals surface area contributed by atoms with E-state index in [9.17, 15) is 4.79 Å². The normalized spacial score (nSPS) is 23.1. The third-order valence-electron chi connectivity index (χ3n) is 5.46. The number of aryl methyl sites for hydroxylation is 2. The van der Waals surface area contributed by atoms with Crippen molar-refractivity contribution in [1.29, 1.82) is 0 Å². The van der Waals surface area contributed by atoms with Crippen LogP contribution in [0.2, 0.25) is 0 Å². The molecule has 0 aromatic carbocycles. The molecular weight excluding hydrogens is 316 g/mol. The van der Waals surface area contributed by atoms with E-state index >= 15 is 0 Å². The molecule has 1 N–H and O–H groups in total. The van der Waals surface area contributed by atoms with E-state index in [1.165, 1.54) is 31.2 Å². The van der Waals surface area contributed by atoms with E-state index in [0.29, 0.717) is 12.7 Å². The maximum Gasteiger partial charge on any atom is 0.308 e. The molecule has 1 saturated carbocycles. The zero-order chi connectivity index (χ0) is 17.6. The first-order chi connectivity index (χ1) is 12.2. The molecule has 5 nitrogen and oxygen atoms in total. The number of aromatic nitrogens is 1. The number of fused-ring (bicyclic) bond motifs is 1. The van der Waals surface area contributed by atoms with E-state index in [4.69, 9.17) is 14.5 Å². The maximum absolute atomic E-state index is 11.3. The van der Waals surface area contributed by atoms with Gasteiger partial charge >= 0.3 is 5.97 Å². The van der Waals surface area contributed by atoms with E-state index in [0.717, 1.165) is 50.4 Å². The van der Waals surface area contributed by atoms with E-state index in [1.54, 1.807) is 0 Å². The molecule has 2 heterocycles. The molecule has 0 radical (unpaired) electrons. The van der Waals surface area contributed by atoms with Gasteiger partial charge in [-0.3, -0.25) is 4.79 Å². The smallest absolute Gasteiger partial charge is 0.308 e. The Labute approximate surface area is 150 Å². The van der Waals surface area contributed by atoms with Gasteiger partial charge in [0.1, 0.15) is 5.82 Å². The van der Waals surface area contributed by atoms with E-state index in [1.807, 2.05) is 6.92 Å². The van der Waals surface area contributed by atoms with Gasteiger partial charge in [-0.15, -0.1) is 0 Å². The van der Waals surface area contributed by atoms with Gasteiger partial charge in [0.2, 0.25) is 0 Å². The Morgan fingerprint density at radius 3 is 3.04 bits per heavy atom. The summed E-state index contributed by atoms with van der Waals surface area (Å²) in [7, 11) is 1.43. The number of nitrogens with one attached hydrogen (secondary N) is 1. The number of carbonyl (C=O) groups is 1. The van der Waals surface area contributed by atoms with Crippen LogP contribution in [0.25, 0.3) is 0 Å². The van der Waals surface area contributed by atoms with Crippen molar-refractivity contribution in [2.45, 2.75) is 58.0 Å². The number of pyridine rings is 1. The average Bonchev–Trinajstić information content (AvgIpc) is 2.61. The molecule has 2 aliphatic rings. The molecule has 0 bridgehead atoms. The molecule has 1 fully saturated rings. The summed E-state index contributed by atoms with van der Waals surface area (Å²) < 4.78 is 10.6. The summed E-state index contributed by atoms with van der Waals surface area (Å²) in [5.74, 6) is 1.61. The summed E-state index contributed by atoms with van der Waals surface area (Å²) in [6.45, 7) is 3.57. The molecule has 0 spiro atoms. The van der Waals surface area contributed by atoms with Crippen molar-refractivity contribution in [3.63, 3.8) is 0 Å². The second-order valence-corrected chi connectivity index (χ2v) is 7.42. The number of esters is 1. The number of nitrogens with zero attached hydrogens (tertiary/aromatic N) is 1. The molecule has 1 aliphatic heterocycles. The number of carbonyl (C=O) groups excluding carboxylic acids is 1.